The predicted octanol–water partition coefficient (Wildman–Crippen LogP) is 8.48. The van der Waals surface area contributed by atoms with Crippen LogP contribution in [0.5, 0.6) is 5.75 Å². The lowest BCUT2D eigenvalue weighted by atomic mass is 9.96. The Morgan fingerprint density at radius 1 is 0.927 bits per heavy atom. The van der Waals surface area contributed by atoms with Crippen LogP contribution >= 0.6 is 0 Å². The van der Waals surface area contributed by atoms with Gasteiger partial charge in [0.1, 0.15) is 12.4 Å². The molecule has 6 nitrogen and oxygen atoms in total. The van der Waals surface area contributed by atoms with Gasteiger partial charge < -0.3 is 19.7 Å². The van der Waals surface area contributed by atoms with Gasteiger partial charge in [0.05, 0.1) is 5.69 Å². The molecule has 2 aromatic carbocycles. The normalized spacial score (nSPS) is 11.3. The molecule has 3 rings (SSSR count). The maximum absolute atomic E-state index is 13.8. The lowest BCUT2D eigenvalue weighted by Gasteiger charge is -2.15. The van der Waals surface area contributed by atoms with E-state index in [1.807, 2.05) is 35.2 Å². The molecule has 0 saturated carbocycles. The third-order valence-electron chi connectivity index (χ3n) is 7.23. The van der Waals surface area contributed by atoms with Crippen molar-refractivity contribution in [2.45, 2.75) is 98.6 Å². The van der Waals surface area contributed by atoms with Crippen LogP contribution in [0, 0.1) is 5.92 Å². The highest BCUT2D eigenvalue weighted by Crippen LogP contribution is 2.30. The summed E-state index contributed by atoms with van der Waals surface area (Å²) in [5, 5.41) is 12.5. The number of ether oxygens (including phenoxy) is 1. The Balaban J connectivity index is 1.80. The van der Waals surface area contributed by atoms with Crippen molar-refractivity contribution in [3.8, 4) is 5.75 Å². The average Bonchev–Trinajstić information content (AvgIpc) is 3.36. The van der Waals surface area contributed by atoms with Crippen LogP contribution in [0.25, 0.3) is 0 Å². The Bertz CT molecular complexity index is 1260. The van der Waals surface area contributed by atoms with E-state index in [1.165, 1.54) is 18.4 Å². The minimum Gasteiger partial charge on any atom is -0.487 e. The van der Waals surface area contributed by atoms with Crippen molar-refractivity contribution in [2.75, 3.05) is 11.9 Å². The predicted molar refractivity (Wildman–Crippen MR) is 167 cm³/mol. The van der Waals surface area contributed by atoms with Gasteiger partial charge in [-0.3, -0.25) is 9.59 Å². The summed E-state index contributed by atoms with van der Waals surface area (Å²) >= 11 is 0. The average molecular weight is 561 g/mol. The van der Waals surface area contributed by atoms with Crippen LogP contribution in [-0.4, -0.2) is 28.0 Å². The quantitative estimate of drug-likeness (QED) is 0.120. The fraction of sp³-hybridized carbons (Fsp3) is 0.486. The van der Waals surface area contributed by atoms with E-state index in [0.717, 1.165) is 48.4 Å². The molecule has 41 heavy (non-hydrogen) atoms. The monoisotopic (exact) mass is 560 g/mol. The third kappa shape index (κ3) is 10.1. The summed E-state index contributed by atoms with van der Waals surface area (Å²) in [5.41, 5.74) is 5.52. The number of ketones is 1. The van der Waals surface area contributed by atoms with Crippen LogP contribution in [0.4, 0.5) is 5.69 Å². The molecular formula is C35H48N2O4. The minimum atomic E-state index is -0.808. The molecule has 1 aromatic heterocycles. The van der Waals surface area contributed by atoms with E-state index in [-0.39, 0.29) is 18.1 Å². The second-order valence-electron chi connectivity index (χ2n) is 11.7. The zero-order valence-electron chi connectivity index (χ0n) is 25.5. The molecule has 3 aromatic rings. The number of carboxylic acids is 1. The van der Waals surface area contributed by atoms with Gasteiger partial charge in [-0.25, -0.2) is 0 Å². The van der Waals surface area contributed by atoms with Gasteiger partial charge in [0, 0.05) is 43.0 Å². The molecule has 0 atom stereocenters. The molecule has 0 aliphatic carbocycles. The van der Waals surface area contributed by atoms with Gasteiger partial charge in [-0.2, -0.15) is 0 Å². The largest absolute Gasteiger partial charge is 0.487 e. The highest BCUT2D eigenvalue weighted by molar-refractivity contribution is 6.10. The van der Waals surface area contributed by atoms with Crippen molar-refractivity contribution in [3.05, 3.63) is 82.7 Å². The highest BCUT2D eigenvalue weighted by atomic mass is 16.5. The van der Waals surface area contributed by atoms with Crippen LogP contribution in [0.3, 0.4) is 0 Å². The molecule has 0 radical (unpaired) electrons. The Morgan fingerprint density at radius 2 is 1.66 bits per heavy atom. The van der Waals surface area contributed by atoms with Crippen molar-refractivity contribution in [1.29, 1.82) is 0 Å². The molecule has 2 N–H and O–H groups in total. The molecule has 0 bridgehead atoms. The first-order chi connectivity index (χ1) is 19.7. The van der Waals surface area contributed by atoms with E-state index < -0.39 is 5.97 Å². The molecule has 0 spiro atoms. The number of hydrogen-bond donors (Lipinski definition) is 2. The first-order valence-corrected chi connectivity index (χ1v) is 15.2. The molecule has 0 amide bonds. The van der Waals surface area contributed by atoms with Gasteiger partial charge in [-0.15, -0.1) is 0 Å². The molecular weight excluding hydrogens is 512 g/mol. The molecule has 0 aliphatic rings. The van der Waals surface area contributed by atoms with E-state index in [0.29, 0.717) is 36.6 Å². The first-order valence-electron chi connectivity index (χ1n) is 15.2. The second kappa shape index (κ2) is 16.0. The van der Waals surface area contributed by atoms with Gasteiger partial charge in [-0.05, 0) is 66.0 Å². The van der Waals surface area contributed by atoms with Gasteiger partial charge >= 0.3 is 5.97 Å². The molecule has 222 valence electrons. The van der Waals surface area contributed by atoms with E-state index in [1.54, 1.807) is 0 Å². The van der Waals surface area contributed by atoms with E-state index in [2.05, 4.69) is 64.2 Å². The number of unbranched alkanes of at least 4 members (excludes halogenated alkanes) is 3. The van der Waals surface area contributed by atoms with Crippen LogP contribution in [0.15, 0.2) is 54.9 Å². The summed E-state index contributed by atoms with van der Waals surface area (Å²) in [6.07, 6.45) is 10.1. The molecule has 6 heteroatoms. The molecule has 0 unspecified atom stereocenters. The number of aromatic nitrogens is 1. The number of hydrogen-bond acceptors (Lipinski definition) is 4. The summed E-state index contributed by atoms with van der Waals surface area (Å²) in [5.74, 6) is 0.681. The SMILES string of the molecule is CCCCCCNc1cc(C(=O)c2cn(CCCC(=O)O)cc2C(C)C)ccc1OCc1ccc(CC(C)C)cc1. The molecule has 0 fully saturated rings. The standard InChI is InChI=1S/C35H48N2O4/c1-6-7-8-9-18-36-32-21-29(16-17-33(32)41-24-28-14-12-27(13-15-28)20-25(2)3)35(40)31-23-37(19-10-11-34(38)39)22-30(31)26(4)5/h12-17,21-23,25-26,36H,6-11,18-20,24H2,1-5H3,(H,38,39). The van der Waals surface area contributed by atoms with E-state index in [4.69, 9.17) is 9.84 Å². The lowest BCUT2D eigenvalue weighted by molar-refractivity contribution is -0.137. The van der Waals surface area contributed by atoms with Crippen LogP contribution in [0.1, 0.15) is 112 Å². The zero-order valence-corrected chi connectivity index (χ0v) is 25.5. The number of benzene rings is 2. The fourth-order valence-corrected chi connectivity index (χ4v) is 4.99. The highest BCUT2D eigenvalue weighted by Gasteiger charge is 2.20. The fourth-order valence-electron chi connectivity index (χ4n) is 4.99. The summed E-state index contributed by atoms with van der Waals surface area (Å²) in [4.78, 5) is 24.7. The Labute approximate surface area is 246 Å². The van der Waals surface area contributed by atoms with E-state index >= 15 is 0 Å². The van der Waals surface area contributed by atoms with Crippen molar-refractivity contribution >= 4 is 17.4 Å². The second-order valence-corrected chi connectivity index (χ2v) is 11.7. The molecule has 0 saturated heterocycles. The zero-order chi connectivity index (χ0) is 29.8. The summed E-state index contributed by atoms with van der Waals surface area (Å²) in [6.45, 7) is 12.6. The topological polar surface area (TPSA) is 80.6 Å². The number of anilines is 1. The lowest BCUT2D eigenvalue weighted by Crippen LogP contribution is -2.08. The van der Waals surface area contributed by atoms with Crippen molar-refractivity contribution in [1.82, 2.24) is 4.57 Å². The van der Waals surface area contributed by atoms with Gasteiger partial charge in [0.2, 0.25) is 0 Å². The number of aryl methyl sites for hydroxylation is 1. The molecule has 1 heterocycles. The van der Waals surface area contributed by atoms with Gasteiger partial charge in [0.15, 0.2) is 5.78 Å². The minimum absolute atomic E-state index is 0.0352. The van der Waals surface area contributed by atoms with Crippen LogP contribution in [0.2, 0.25) is 0 Å². The van der Waals surface area contributed by atoms with Crippen molar-refractivity contribution < 1.29 is 19.4 Å². The number of nitrogens with one attached hydrogen (secondary N) is 1. The number of rotatable bonds is 18. The number of aliphatic carboxylic acids is 1. The smallest absolute Gasteiger partial charge is 0.303 e. The Kier molecular flexibility index (Phi) is 12.5. The number of nitrogens with zero attached hydrogens (tertiary/aromatic N) is 1. The van der Waals surface area contributed by atoms with Crippen LogP contribution in [-0.2, 0) is 24.4 Å². The number of carboxylic acid groups (broad SMARTS) is 1. The van der Waals surface area contributed by atoms with Gasteiger partial charge in [-0.1, -0.05) is 78.1 Å². The Morgan fingerprint density at radius 3 is 2.32 bits per heavy atom. The van der Waals surface area contributed by atoms with Gasteiger partial charge in [0.25, 0.3) is 0 Å². The summed E-state index contributed by atoms with van der Waals surface area (Å²) < 4.78 is 8.21. The first kappa shape index (κ1) is 32.0. The number of carbonyl (C=O) groups excluding carboxylic acids is 1. The Hall–Kier alpha value is -3.54. The van der Waals surface area contributed by atoms with Crippen molar-refractivity contribution in [2.24, 2.45) is 5.92 Å². The molecule has 0 aliphatic heterocycles. The number of carbonyl (C=O) groups is 2. The summed E-state index contributed by atoms with van der Waals surface area (Å²) in [6, 6.07) is 14.3. The maximum atomic E-state index is 13.8. The third-order valence-corrected chi connectivity index (χ3v) is 7.23. The summed E-state index contributed by atoms with van der Waals surface area (Å²) in [7, 11) is 0. The van der Waals surface area contributed by atoms with E-state index in [9.17, 15) is 9.59 Å². The van der Waals surface area contributed by atoms with Crippen LogP contribution < -0.4 is 10.1 Å². The maximum Gasteiger partial charge on any atom is 0.303 e. The van der Waals surface area contributed by atoms with Crippen molar-refractivity contribution in [3.63, 3.8) is 0 Å².